The Labute approximate surface area is 287 Å². The average Bonchev–Trinajstić information content (AvgIpc) is 3.60. The van der Waals surface area contributed by atoms with Crippen molar-refractivity contribution < 1.29 is 27.5 Å². The quantitative estimate of drug-likeness (QED) is 0.217. The molecule has 0 unspecified atom stereocenters. The number of aryl methyl sites for hydroxylation is 2. The number of carbonyl (C=O) groups is 2. The molecule has 2 aliphatic rings. The Kier molecular flexibility index (Phi) is 9.77. The number of anilines is 1. The Bertz CT molecular complexity index is 1940. The second kappa shape index (κ2) is 14.0. The minimum atomic E-state index is -3.94. The van der Waals surface area contributed by atoms with Gasteiger partial charge in [0.1, 0.15) is 5.82 Å². The molecule has 1 fully saturated rings. The number of hydrogen-bond donors (Lipinski definition) is 1. The maximum Gasteiger partial charge on any atom is 0.264 e. The first kappa shape index (κ1) is 34.2. The van der Waals surface area contributed by atoms with E-state index in [1.165, 1.54) is 30.9 Å². The molecule has 2 aliphatic heterocycles. The summed E-state index contributed by atoms with van der Waals surface area (Å²) in [6.45, 7) is 6.86. The van der Waals surface area contributed by atoms with E-state index in [1.807, 2.05) is 18.2 Å². The van der Waals surface area contributed by atoms with E-state index in [4.69, 9.17) is 9.47 Å². The molecule has 2 amide bonds. The third-order valence-corrected chi connectivity index (χ3v) is 10.9. The Morgan fingerprint density at radius 1 is 0.878 bits per heavy atom. The van der Waals surface area contributed by atoms with Gasteiger partial charge >= 0.3 is 0 Å². The summed E-state index contributed by atoms with van der Waals surface area (Å²) in [5.74, 6) is 0.619. The number of benzene rings is 3. The van der Waals surface area contributed by atoms with Gasteiger partial charge in [0.2, 0.25) is 0 Å². The Balaban J connectivity index is 1.26. The van der Waals surface area contributed by atoms with Crippen LogP contribution < -0.4 is 19.1 Å². The predicted molar refractivity (Wildman–Crippen MR) is 186 cm³/mol. The fourth-order valence-corrected chi connectivity index (χ4v) is 7.77. The molecule has 49 heavy (non-hydrogen) atoms. The van der Waals surface area contributed by atoms with Gasteiger partial charge in [-0.1, -0.05) is 42.5 Å². The fraction of sp³-hybridized carbons (Fsp3) is 0.361. The van der Waals surface area contributed by atoms with Gasteiger partial charge in [-0.25, -0.2) is 18.1 Å². The first-order chi connectivity index (χ1) is 23.5. The van der Waals surface area contributed by atoms with Crippen molar-refractivity contribution >= 4 is 27.5 Å². The molecule has 0 radical (unpaired) electrons. The van der Waals surface area contributed by atoms with Crippen molar-refractivity contribution in [2.45, 2.75) is 37.4 Å². The zero-order valence-corrected chi connectivity index (χ0v) is 29.2. The van der Waals surface area contributed by atoms with Gasteiger partial charge < -0.3 is 18.9 Å². The minimum Gasteiger partial charge on any atom is -0.493 e. The molecule has 0 aliphatic carbocycles. The van der Waals surface area contributed by atoms with E-state index in [1.54, 1.807) is 42.8 Å². The number of methoxy groups -OCH3 is 2. The van der Waals surface area contributed by atoms with Crippen LogP contribution in [0.2, 0.25) is 0 Å². The maximum absolute atomic E-state index is 14.4. The first-order valence-corrected chi connectivity index (χ1v) is 17.8. The number of amides is 2. The highest BCUT2D eigenvalue weighted by Crippen LogP contribution is 2.40. The SMILES string of the molecule is COc1ccc([C@@H](CCNS(=O)(=O)c2cn(C)c(C)n2)N2C(=O)c3cccc(N4CCN([C@H](C)c5ccccc5)CC4)c3C2=O)cc1OC. The summed E-state index contributed by atoms with van der Waals surface area (Å²) in [5, 5.41) is -0.0983. The number of carbonyl (C=O) groups excluding carboxylic acids is 2. The van der Waals surface area contributed by atoms with Gasteiger partial charge in [-0.3, -0.25) is 19.4 Å². The zero-order valence-electron chi connectivity index (χ0n) is 28.4. The van der Waals surface area contributed by atoms with E-state index in [-0.39, 0.29) is 24.0 Å². The highest BCUT2D eigenvalue weighted by atomic mass is 32.2. The van der Waals surface area contributed by atoms with Crippen molar-refractivity contribution in [3.05, 3.63) is 101 Å². The van der Waals surface area contributed by atoms with E-state index in [2.05, 4.69) is 50.7 Å². The van der Waals surface area contributed by atoms with Crippen molar-refractivity contribution in [2.75, 3.05) is 51.8 Å². The minimum absolute atomic E-state index is 0.0568. The Morgan fingerprint density at radius 2 is 1.59 bits per heavy atom. The van der Waals surface area contributed by atoms with Crippen LogP contribution in [0.1, 0.15) is 63.1 Å². The summed E-state index contributed by atoms with van der Waals surface area (Å²) in [6, 6.07) is 20.4. The van der Waals surface area contributed by atoms with Gasteiger partial charge in [-0.15, -0.1) is 0 Å². The number of imidazole rings is 1. The molecule has 0 saturated carbocycles. The van der Waals surface area contributed by atoms with Crippen LogP contribution in [0.15, 0.2) is 78.0 Å². The lowest BCUT2D eigenvalue weighted by molar-refractivity contribution is 0.0575. The molecule has 258 valence electrons. The lowest BCUT2D eigenvalue weighted by Gasteiger charge is -2.39. The summed E-state index contributed by atoms with van der Waals surface area (Å²) in [6.07, 6.45) is 1.55. The summed E-state index contributed by atoms with van der Waals surface area (Å²) >= 11 is 0. The molecule has 3 aromatic carbocycles. The first-order valence-electron chi connectivity index (χ1n) is 16.3. The monoisotopic (exact) mass is 686 g/mol. The van der Waals surface area contributed by atoms with Gasteiger partial charge in [-0.2, -0.15) is 0 Å². The Hall–Kier alpha value is -4.72. The predicted octanol–water partition coefficient (Wildman–Crippen LogP) is 4.33. The van der Waals surface area contributed by atoms with E-state index in [9.17, 15) is 18.0 Å². The number of piperazine rings is 1. The highest BCUT2D eigenvalue weighted by molar-refractivity contribution is 7.89. The number of hydrogen-bond acceptors (Lipinski definition) is 9. The van der Waals surface area contributed by atoms with Gasteiger partial charge in [0.25, 0.3) is 21.8 Å². The van der Waals surface area contributed by atoms with Crippen LogP contribution in [-0.4, -0.2) is 86.5 Å². The highest BCUT2D eigenvalue weighted by Gasteiger charge is 2.43. The van der Waals surface area contributed by atoms with E-state index >= 15 is 0 Å². The van der Waals surface area contributed by atoms with Crippen LogP contribution in [0.5, 0.6) is 11.5 Å². The molecule has 1 saturated heterocycles. The number of rotatable bonds is 12. The molecule has 4 aromatic rings. The van der Waals surface area contributed by atoms with E-state index in [0.717, 1.165) is 18.8 Å². The number of sulfonamides is 1. The second-order valence-corrected chi connectivity index (χ2v) is 14.1. The standard InChI is InChI=1S/C36H42N6O6S/c1-24(26-10-7-6-8-11-26)40-18-20-41(21-19-40)30-13-9-12-28-34(30)36(44)42(35(28)43)29(27-14-15-31(47-4)32(22-27)48-5)16-17-37-49(45,46)33-23-39(3)25(2)38-33/h6-15,22-24,29,37H,16-21H2,1-5H3/t24-,29-/m1/s1. The molecule has 6 rings (SSSR count). The summed E-state index contributed by atoms with van der Waals surface area (Å²) in [5.41, 5.74) is 3.28. The molecule has 2 atom stereocenters. The largest absolute Gasteiger partial charge is 0.493 e. The summed E-state index contributed by atoms with van der Waals surface area (Å²) in [7, 11) is 0.808. The maximum atomic E-state index is 14.4. The van der Waals surface area contributed by atoms with Crippen molar-refractivity contribution in [1.82, 2.24) is 24.1 Å². The number of nitrogens with zero attached hydrogens (tertiary/aromatic N) is 5. The smallest absolute Gasteiger partial charge is 0.264 e. The van der Waals surface area contributed by atoms with Crippen LogP contribution >= 0.6 is 0 Å². The number of aromatic nitrogens is 2. The van der Waals surface area contributed by atoms with Crippen LogP contribution in [-0.2, 0) is 17.1 Å². The fourth-order valence-electron chi connectivity index (χ4n) is 6.69. The summed E-state index contributed by atoms with van der Waals surface area (Å²) in [4.78, 5) is 38.5. The number of nitrogens with one attached hydrogen (secondary N) is 1. The third kappa shape index (κ3) is 6.65. The van der Waals surface area contributed by atoms with Crippen LogP contribution in [0.4, 0.5) is 5.69 Å². The topological polar surface area (TPSA) is 126 Å². The molecule has 1 N–H and O–H groups in total. The molecule has 1 aromatic heterocycles. The average molecular weight is 687 g/mol. The molecular formula is C36H42N6O6S. The van der Waals surface area contributed by atoms with Gasteiger partial charge in [-0.05, 0) is 55.7 Å². The molecule has 13 heteroatoms. The molecule has 0 bridgehead atoms. The van der Waals surface area contributed by atoms with Crippen molar-refractivity contribution in [3.63, 3.8) is 0 Å². The number of imide groups is 1. The molecule has 12 nitrogen and oxygen atoms in total. The molecule has 3 heterocycles. The van der Waals surface area contributed by atoms with E-state index < -0.39 is 27.9 Å². The van der Waals surface area contributed by atoms with Gasteiger partial charge in [0.05, 0.1) is 37.1 Å². The van der Waals surface area contributed by atoms with Gasteiger partial charge in [0, 0.05) is 52.0 Å². The van der Waals surface area contributed by atoms with Crippen molar-refractivity contribution in [1.29, 1.82) is 0 Å². The van der Waals surface area contributed by atoms with Crippen molar-refractivity contribution in [3.8, 4) is 11.5 Å². The zero-order chi connectivity index (χ0) is 34.9. The number of fused-ring (bicyclic) bond motifs is 1. The van der Waals surface area contributed by atoms with Crippen molar-refractivity contribution in [2.24, 2.45) is 7.05 Å². The lowest BCUT2D eigenvalue weighted by Crippen LogP contribution is -2.47. The summed E-state index contributed by atoms with van der Waals surface area (Å²) < 4.78 is 41.4. The lowest BCUT2D eigenvalue weighted by atomic mass is 10.0. The van der Waals surface area contributed by atoms with Crippen LogP contribution in [0.3, 0.4) is 0 Å². The normalized spacial score (nSPS) is 16.5. The number of ether oxygens (including phenoxy) is 2. The third-order valence-electron chi connectivity index (χ3n) is 9.58. The van der Waals surface area contributed by atoms with Crippen LogP contribution in [0, 0.1) is 6.92 Å². The second-order valence-electron chi connectivity index (χ2n) is 12.3. The molecular weight excluding hydrogens is 644 g/mol. The van der Waals surface area contributed by atoms with Gasteiger partial charge in [0.15, 0.2) is 16.5 Å². The van der Waals surface area contributed by atoms with E-state index in [0.29, 0.717) is 47.1 Å². The molecule has 0 spiro atoms. The Morgan fingerprint density at radius 3 is 2.24 bits per heavy atom. The van der Waals surface area contributed by atoms with Crippen LogP contribution in [0.25, 0.3) is 0 Å².